The Morgan fingerprint density at radius 3 is 2.59 bits per heavy atom. The van der Waals surface area contributed by atoms with E-state index in [2.05, 4.69) is 9.88 Å². The van der Waals surface area contributed by atoms with Crippen LogP contribution in [0.4, 0.5) is 5.13 Å². The summed E-state index contributed by atoms with van der Waals surface area (Å²) in [6.07, 6.45) is 0.813. The van der Waals surface area contributed by atoms with Gasteiger partial charge in [-0.25, -0.2) is 4.98 Å². The molecule has 0 saturated carbocycles. The molecule has 0 aliphatic carbocycles. The largest absolute Gasteiger partial charge is 0.497 e. The molecular formula is C18H19Cl2N3O2S2. The number of ether oxygens (including phenoxy) is 1. The summed E-state index contributed by atoms with van der Waals surface area (Å²) in [6, 6.07) is 7.32. The third kappa shape index (κ3) is 4.73. The maximum absolute atomic E-state index is 13.2. The first-order valence-corrected chi connectivity index (χ1v) is 10.6. The Morgan fingerprint density at radius 2 is 1.96 bits per heavy atom. The average molecular weight is 444 g/mol. The van der Waals surface area contributed by atoms with Crippen molar-refractivity contribution < 1.29 is 9.53 Å². The minimum atomic E-state index is -0.187. The standard InChI is InChI=1S/C18H19Cl2N3O2S2/c1-22(2)7-4-8-23(17(24)12-10-15(19)27-16(12)20)18-21-13-9-11(25-3)5-6-14(13)26-18/h5-6,9-10H,4,7-8H2,1-3H3. The van der Waals surface area contributed by atoms with Crippen LogP contribution in [0.1, 0.15) is 16.8 Å². The van der Waals surface area contributed by atoms with Gasteiger partial charge in [0.2, 0.25) is 0 Å². The molecule has 1 aromatic carbocycles. The van der Waals surface area contributed by atoms with Crippen molar-refractivity contribution in [3.63, 3.8) is 0 Å². The number of methoxy groups -OCH3 is 1. The Balaban J connectivity index is 1.95. The lowest BCUT2D eigenvalue weighted by atomic mass is 10.3. The fourth-order valence-electron chi connectivity index (χ4n) is 2.60. The lowest BCUT2D eigenvalue weighted by molar-refractivity contribution is 0.0986. The van der Waals surface area contributed by atoms with E-state index >= 15 is 0 Å². The number of rotatable bonds is 7. The van der Waals surface area contributed by atoms with Gasteiger partial charge in [-0.2, -0.15) is 0 Å². The molecule has 144 valence electrons. The van der Waals surface area contributed by atoms with Gasteiger partial charge in [0.15, 0.2) is 5.13 Å². The summed E-state index contributed by atoms with van der Waals surface area (Å²) in [6.45, 7) is 1.40. The van der Waals surface area contributed by atoms with Crippen LogP contribution in [-0.4, -0.2) is 50.1 Å². The summed E-state index contributed by atoms with van der Waals surface area (Å²) in [5, 5.41) is 0.639. The maximum atomic E-state index is 13.2. The number of anilines is 1. The summed E-state index contributed by atoms with van der Waals surface area (Å²) < 4.78 is 7.14. The minimum absolute atomic E-state index is 0.187. The minimum Gasteiger partial charge on any atom is -0.497 e. The summed E-state index contributed by atoms with van der Waals surface area (Å²) in [7, 11) is 5.63. The fraction of sp³-hybridized carbons (Fsp3) is 0.333. The number of aromatic nitrogens is 1. The number of fused-ring (bicyclic) bond motifs is 1. The van der Waals surface area contributed by atoms with Gasteiger partial charge in [0, 0.05) is 12.6 Å². The number of amides is 1. The maximum Gasteiger partial charge on any atom is 0.262 e. The predicted molar refractivity (Wildman–Crippen MR) is 115 cm³/mol. The van der Waals surface area contributed by atoms with E-state index in [1.807, 2.05) is 32.3 Å². The van der Waals surface area contributed by atoms with Crippen molar-refractivity contribution in [2.75, 3.05) is 39.2 Å². The van der Waals surface area contributed by atoms with Crippen LogP contribution in [-0.2, 0) is 0 Å². The Labute approximate surface area is 176 Å². The second-order valence-electron chi connectivity index (χ2n) is 6.18. The molecule has 3 aromatic rings. The molecule has 9 heteroatoms. The van der Waals surface area contributed by atoms with Crippen LogP contribution in [0.5, 0.6) is 5.75 Å². The first-order valence-electron chi connectivity index (χ1n) is 8.25. The predicted octanol–water partition coefficient (Wildman–Crippen LogP) is 5.27. The zero-order valence-electron chi connectivity index (χ0n) is 15.2. The highest BCUT2D eigenvalue weighted by Crippen LogP contribution is 2.35. The van der Waals surface area contributed by atoms with E-state index in [-0.39, 0.29) is 5.91 Å². The lowest BCUT2D eigenvalue weighted by Crippen LogP contribution is -2.33. The molecule has 0 aliphatic heterocycles. The van der Waals surface area contributed by atoms with E-state index in [0.717, 1.165) is 28.9 Å². The highest BCUT2D eigenvalue weighted by atomic mass is 35.5. The van der Waals surface area contributed by atoms with Crippen LogP contribution in [0.2, 0.25) is 8.67 Å². The third-order valence-corrected chi connectivity index (χ3v) is 6.48. The topological polar surface area (TPSA) is 45.7 Å². The molecular weight excluding hydrogens is 425 g/mol. The Bertz CT molecular complexity index is 955. The summed E-state index contributed by atoms with van der Waals surface area (Å²) in [4.78, 5) is 21.6. The first kappa shape index (κ1) is 20.4. The molecule has 2 aromatic heterocycles. The normalized spacial score (nSPS) is 11.3. The molecule has 2 heterocycles. The fourth-order valence-corrected chi connectivity index (χ4v) is 5.02. The number of carbonyl (C=O) groups is 1. The number of hydrogen-bond donors (Lipinski definition) is 0. The van der Waals surface area contributed by atoms with Gasteiger partial charge in [-0.05, 0) is 45.3 Å². The van der Waals surface area contributed by atoms with E-state index < -0.39 is 0 Å². The lowest BCUT2D eigenvalue weighted by Gasteiger charge is -2.20. The van der Waals surface area contributed by atoms with E-state index in [1.165, 1.54) is 22.7 Å². The number of thiazole rings is 1. The summed E-state index contributed by atoms with van der Waals surface area (Å²) in [5.74, 6) is 0.547. The second kappa shape index (κ2) is 8.75. The number of hydrogen-bond acceptors (Lipinski definition) is 6. The van der Waals surface area contributed by atoms with E-state index in [9.17, 15) is 4.79 Å². The Hall–Kier alpha value is -1.38. The zero-order chi connectivity index (χ0) is 19.6. The molecule has 5 nitrogen and oxygen atoms in total. The number of carbonyl (C=O) groups excluding carboxylic acids is 1. The van der Waals surface area contributed by atoms with Gasteiger partial charge in [-0.15, -0.1) is 11.3 Å². The SMILES string of the molecule is COc1ccc2sc(N(CCCN(C)C)C(=O)c3cc(Cl)sc3Cl)nc2c1. The van der Waals surface area contributed by atoms with Crippen LogP contribution in [0.15, 0.2) is 24.3 Å². The molecule has 0 N–H and O–H groups in total. The summed E-state index contributed by atoms with van der Waals surface area (Å²) in [5.41, 5.74) is 1.21. The molecule has 0 radical (unpaired) electrons. The van der Waals surface area contributed by atoms with Crippen LogP contribution in [0.25, 0.3) is 10.2 Å². The van der Waals surface area contributed by atoms with Crippen LogP contribution >= 0.6 is 45.9 Å². The van der Waals surface area contributed by atoms with Gasteiger partial charge in [-0.1, -0.05) is 34.5 Å². The summed E-state index contributed by atoms with van der Waals surface area (Å²) >= 11 is 14.9. The van der Waals surface area contributed by atoms with Gasteiger partial charge >= 0.3 is 0 Å². The zero-order valence-corrected chi connectivity index (χ0v) is 18.3. The smallest absolute Gasteiger partial charge is 0.262 e. The highest BCUT2D eigenvalue weighted by molar-refractivity contribution is 7.22. The molecule has 0 bridgehead atoms. The van der Waals surface area contributed by atoms with E-state index in [4.69, 9.17) is 27.9 Å². The molecule has 0 spiro atoms. The van der Waals surface area contributed by atoms with Crippen molar-refractivity contribution in [3.8, 4) is 5.75 Å². The van der Waals surface area contributed by atoms with Gasteiger partial charge in [0.25, 0.3) is 5.91 Å². The molecule has 0 atom stereocenters. The van der Waals surface area contributed by atoms with Crippen molar-refractivity contribution in [2.45, 2.75) is 6.42 Å². The monoisotopic (exact) mass is 443 g/mol. The van der Waals surface area contributed by atoms with Gasteiger partial charge in [-0.3, -0.25) is 9.69 Å². The molecule has 0 fully saturated rings. The highest BCUT2D eigenvalue weighted by Gasteiger charge is 2.24. The van der Waals surface area contributed by atoms with E-state index in [1.54, 1.807) is 18.1 Å². The number of thiophene rings is 1. The Kier molecular flexibility index (Phi) is 6.60. The number of nitrogens with zero attached hydrogens (tertiary/aromatic N) is 3. The molecule has 0 saturated heterocycles. The van der Waals surface area contributed by atoms with Crippen molar-refractivity contribution in [1.29, 1.82) is 0 Å². The quantitative estimate of drug-likeness (QED) is 0.498. The molecule has 27 heavy (non-hydrogen) atoms. The van der Waals surface area contributed by atoms with Gasteiger partial charge in [0.1, 0.15) is 10.1 Å². The van der Waals surface area contributed by atoms with Crippen molar-refractivity contribution in [2.24, 2.45) is 0 Å². The molecule has 1 amide bonds. The van der Waals surface area contributed by atoms with Crippen LogP contribution < -0.4 is 9.64 Å². The van der Waals surface area contributed by atoms with Crippen molar-refractivity contribution in [1.82, 2.24) is 9.88 Å². The average Bonchev–Trinajstić information content (AvgIpc) is 3.19. The first-order chi connectivity index (χ1) is 12.9. The molecule has 3 rings (SSSR count). The van der Waals surface area contributed by atoms with E-state index in [0.29, 0.717) is 25.9 Å². The number of halogens is 2. The molecule has 0 aliphatic rings. The van der Waals surface area contributed by atoms with Crippen LogP contribution in [0.3, 0.4) is 0 Å². The molecule has 0 unspecified atom stereocenters. The number of benzene rings is 1. The Morgan fingerprint density at radius 1 is 1.19 bits per heavy atom. The van der Waals surface area contributed by atoms with Gasteiger partial charge < -0.3 is 9.64 Å². The van der Waals surface area contributed by atoms with Crippen molar-refractivity contribution in [3.05, 3.63) is 38.5 Å². The van der Waals surface area contributed by atoms with Gasteiger partial charge in [0.05, 0.1) is 27.2 Å². The third-order valence-electron chi connectivity index (χ3n) is 3.93. The second-order valence-corrected chi connectivity index (χ2v) is 9.48. The van der Waals surface area contributed by atoms with Crippen molar-refractivity contribution >= 4 is 67.1 Å². The van der Waals surface area contributed by atoms with Crippen LogP contribution in [0, 0.1) is 0 Å².